The van der Waals surface area contributed by atoms with Crippen LogP contribution in [0, 0.1) is 11.6 Å². The Balaban J connectivity index is 1.67. The molecule has 26 heavy (non-hydrogen) atoms. The van der Waals surface area contributed by atoms with Crippen molar-refractivity contribution in [3.8, 4) is 11.3 Å². The first kappa shape index (κ1) is 18.5. The van der Waals surface area contributed by atoms with Gasteiger partial charge in [0.05, 0.1) is 5.69 Å². The summed E-state index contributed by atoms with van der Waals surface area (Å²) in [6.45, 7) is 5.97. The van der Waals surface area contributed by atoms with E-state index in [4.69, 9.17) is 0 Å². The number of aromatic nitrogens is 2. The van der Waals surface area contributed by atoms with Crippen LogP contribution in [-0.4, -0.2) is 46.8 Å². The number of nitrogens with zero attached hydrogens (tertiary/aromatic N) is 3. The molecule has 0 atom stereocenters. The number of nitrogens with one attached hydrogen (secondary N) is 1. The van der Waals surface area contributed by atoms with Crippen molar-refractivity contribution in [2.45, 2.75) is 32.7 Å². The molecule has 1 N–H and O–H groups in total. The summed E-state index contributed by atoms with van der Waals surface area (Å²) in [7, 11) is 0. The molecule has 1 saturated heterocycles. The van der Waals surface area contributed by atoms with Gasteiger partial charge < -0.3 is 10.2 Å². The lowest BCUT2D eigenvalue weighted by atomic mass is 10.1. The zero-order chi connectivity index (χ0) is 18.5. The van der Waals surface area contributed by atoms with Crippen LogP contribution in [-0.2, 0) is 6.54 Å². The van der Waals surface area contributed by atoms with Crippen LogP contribution in [0.1, 0.15) is 36.7 Å². The Bertz CT molecular complexity index is 769. The van der Waals surface area contributed by atoms with Crippen LogP contribution in [0.15, 0.2) is 24.3 Å². The van der Waals surface area contributed by atoms with Crippen LogP contribution < -0.4 is 5.32 Å². The maximum absolute atomic E-state index is 13.5. The van der Waals surface area contributed by atoms with Crippen molar-refractivity contribution >= 4 is 5.91 Å². The molecule has 1 aromatic heterocycles. The predicted octanol–water partition coefficient (Wildman–Crippen LogP) is 3.06. The number of carbonyl (C=O) groups is 1. The zero-order valence-electron chi connectivity index (χ0n) is 15.0. The number of carbonyl (C=O) groups excluding carboxylic acids is 1. The molecule has 1 amide bonds. The molecule has 0 unspecified atom stereocenters. The molecule has 0 bridgehead atoms. The lowest BCUT2D eigenvalue weighted by Crippen LogP contribution is -2.37. The van der Waals surface area contributed by atoms with Gasteiger partial charge in [0, 0.05) is 25.2 Å². The summed E-state index contributed by atoms with van der Waals surface area (Å²) in [5.74, 6) is -2.07. The second kappa shape index (κ2) is 8.40. The average Bonchev–Trinajstić information content (AvgIpc) is 3.09. The van der Waals surface area contributed by atoms with Crippen molar-refractivity contribution in [2.24, 2.45) is 0 Å². The normalized spacial score (nSPS) is 15.2. The second-order valence-electron chi connectivity index (χ2n) is 6.52. The Morgan fingerprint density at radius 1 is 1.15 bits per heavy atom. The number of benzene rings is 1. The monoisotopic (exact) mass is 362 g/mol. The highest BCUT2D eigenvalue weighted by Gasteiger charge is 2.16. The van der Waals surface area contributed by atoms with E-state index in [1.165, 1.54) is 25.3 Å². The minimum atomic E-state index is -0.918. The fourth-order valence-corrected chi connectivity index (χ4v) is 3.26. The van der Waals surface area contributed by atoms with Crippen molar-refractivity contribution in [3.63, 3.8) is 0 Å². The second-order valence-corrected chi connectivity index (χ2v) is 6.52. The van der Waals surface area contributed by atoms with Crippen LogP contribution in [0.5, 0.6) is 0 Å². The van der Waals surface area contributed by atoms with Gasteiger partial charge in [0.15, 0.2) is 17.3 Å². The molecule has 5 nitrogen and oxygen atoms in total. The maximum atomic E-state index is 13.5. The van der Waals surface area contributed by atoms with E-state index in [1.54, 1.807) is 10.7 Å². The summed E-state index contributed by atoms with van der Waals surface area (Å²) in [6.07, 6.45) is 3.71. The van der Waals surface area contributed by atoms with Crippen LogP contribution >= 0.6 is 0 Å². The quantitative estimate of drug-likeness (QED) is 0.859. The molecule has 140 valence electrons. The minimum Gasteiger partial charge on any atom is -0.349 e. The van der Waals surface area contributed by atoms with Crippen LogP contribution in [0.25, 0.3) is 11.3 Å². The topological polar surface area (TPSA) is 50.2 Å². The van der Waals surface area contributed by atoms with Crippen molar-refractivity contribution in [2.75, 3.05) is 26.2 Å². The van der Waals surface area contributed by atoms with Gasteiger partial charge in [-0.2, -0.15) is 5.10 Å². The highest BCUT2D eigenvalue weighted by Crippen LogP contribution is 2.23. The molecule has 0 aliphatic carbocycles. The predicted molar refractivity (Wildman–Crippen MR) is 95.9 cm³/mol. The number of hydrogen-bond donors (Lipinski definition) is 1. The first-order chi connectivity index (χ1) is 12.6. The highest BCUT2D eigenvalue weighted by atomic mass is 19.2. The van der Waals surface area contributed by atoms with Gasteiger partial charge in [-0.1, -0.05) is 6.42 Å². The molecule has 1 aliphatic rings. The number of likely N-dealkylation sites (tertiary alicyclic amines) is 1. The van der Waals surface area contributed by atoms with Crippen molar-refractivity contribution in [1.29, 1.82) is 0 Å². The number of hydrogen-bond acceptors (Lipinski definition) is 3. The molecule has 0 radical (unpaired) electrons. The van der Waals surface area contributed by atoms with Gasteiger partial charge in [0.25, 0.3) is 5.91 Å². The molecule has 0 saturated carbocycles. The minimum absolute atomic E-state index is 0.252. The molecule has 7 heteroatoms. The summed E-state index contributed by atoms with van der Waals surface area (Å²) >= 11 is 0. The van der Waals surface area contributed by atoms with Gasteiger partial charge in [-0.3, -0.25) is 9.48 Å². The van der Waals surface area contributed by atoms with Gasteiger partial charge in [-0.15, -0.1) is 0 Å². The first-order valence-corrected chi connectivity index (χ1v) is 9.12. The van der Waals surface area contributed by atoms with E-state index >= 15 is 0 Å². The summed E-state index contributed by atoms with van der Waals surface area (Å²) in [5, 5.41) is 7.19. The molecule has 1 aliphatic heterocycles. The van der Waals surface area contributed by atoms with Gasteiger partial charge in [-0.05, 0) is 57.1 Å². The average molecular weight is 362 g/mol. The Morgan fingerprint density at radius 3 is 2.62 bits per heavy atom. The third-order valence-electron chi connectivity index (χ3n) is 4.69. The number of aryl methyl sites for hydroxylation is 1. The first-order valence-electron chi connectivity index (χ1n) is 9.12. The van der Waals surface area contributed by atoms with Gasteiger partial charge in [-0.25, -0.2) is 8.78 Å². The van der Waals surface area contributed by atoms with Crippen molar-refractivity contribution in [1.82, 2.24) is 20.0 Å². The molecule has 2 aromatic rings. The SMILES string of the molecule is CCn1nc(C(=O)NCCN2CCCCC2)cc1-c1ccc(F)c(F)c1. The number of piperidine rings is 1. The number of halogens is 2. The van der Waals surface area contributed by atoms with E-state index in [9.17, 15) is 13.6 Å². The van der Waals surface area contributed by atoms with Gasteiger partial charge in [0.1, 0.15) is 0 Å². The third-order valence-corrected chi connectivity index (χ3v) is 4.69. The molecular weight excluding hydrogens is 338 g/mol. The molecule has 2 heterocycles. The van der Waals surface area contributed by atoms with Gasteiger partial charge >= 0.3 is 0 Å². The zero-order valence-corrected chi connectivity index (χ0v) is 15.0. The van der Waals surface area contributed by atoms with Gasteiger partial charge in [0.2, 0.25) is 0 Å². The molecule has 3 rings (SSSR count). The Hall–Kier alpha value is -2.28. The van der Waals surface area contributed by atoms with E-state index in [1.807, 2.05) is 6.92 Å². The Labute approximate surface area is 152 Å². The molecule has 0 spiro atoms. The number of amides is 1. The standard InChI is InChI=1S/C19H24F2N4O/c1-2-25-18(14-6-7-15(20)16(21)12-14)13-17(23-25)19(26)22-8-11-24-9-4-3-5-10-24/h6-7,12-13H,2-5,8-11H2,1H3,(H,22,26). The molecule has 1 fully saturated rings. The van der Waals surface area contributed by atoms with Crippen molar-refractivity contribution < 1.29 is 13.6 Å². The Morgan fingerprint density at radius 2 is 1.92 bits per heavy atom. The summed E-state index contributed by atoms with van der Waals surface area (Å²) in [5.41, 5.74) is 1.36. The lowest BCUT2D eigenvalue weighted by molar-refractivity contribution is 0.0940. The van der Waals surface area contributed by atoms with Crippen LogP contribution in [0.4, 0.5) is 8.78 Å². The van der Waals surface area contributed by atoms with Crippen LogP contribution in [0.3, 0.4) is 0 Å². The van der Waals surface area contributed by atoms with E-state index in [-0.39, 0.29) is 11.6 Å². The fourth-order valence-electron chi connectivity index (χ4n) is 3.26. The summed E-state index contributed by atoms with van der Waals surface area (Å²) < 4.78 is 28.3. The highest BCUT2D eigenvalue weighted by molar-refractivity contribution is 5.93. The molecular formula is C19H24F2N4O. The third kappa shape index (κ3) is 4.27. The smallest absolute Gasteiger partial charge is 0.271 e. The Kier molecular flexibility index (Phi) is 5.98. The lowest BCUT2D eigenvalue weighted by Gasteiger charge is -2.26. The van der Waals surface area contributed by atoms with Crippen molar-refractivity contribution in [3.05, 3.63) is 41.6 Å². The van der Waals surface area contributed by atoms with Crippen LogP contribution in [0.2, 0.25) is 0 Å². The van der Waals surface area contributed by atoms with E-state index in [2.05, 4.69) is 15.3 Å². The van der Waals surface area contributed by atoms with E-state index < -0.39 is 11.6 Å². The fraction of sp³-hybridized carbons (Fsp3) is 0.474. The van der Waals surface area contributed by atoms with E-state index in [0.717, 1.165) is 31.8 Å². The maximum Gasteiger partial charge on any atom is 0.271 e. The van der Waals surface area contributed by atoms with E-state index in [0.29, 0.717) is 24.3 Å². The summed E-state index contributed by atoms with van der Waals surface area (Å²) in [4.78, 5) is 14.7. The molecule has 1 aromatic carbocycles. The largest absolute Gasteiger partial charge is 0.349 e. The summed E-state index contributed by atoms with van der Waals surface area (Å²) in [6, 6.07) is 5.30. The number of rotatable bonds is 6.